The number of nitrogens with one attached hydrogen (secondary N) is 1. The van der Waals surface area contributed by atoms with Crippen molar-refractivity contribution in [2.75, 3.05) is 18.6 Å². The Hall–Kier alpha value is -3.06. The highest BCUT2D eigenvalue weighted by Gasteiger charge is 2.13. The summed E-state index contributed by atoms with van der Waals surface area (Å²) in [5.41, 5.74) is 5.62. The molecule has 4 rings (SSSR count). The van der Waals surface area contributed by atoms with Crippen LogP contribution in [0.3, 0.4) is 0 Å². The SMILES string of the molecule is Oc1ccc(C=NNc2nc(-c3ccc4c(c3)OCCO4)cs2)cc1. The Morgan fingerprint density at radius 2 is 1.88 bits per heavy atom. The molecule has 1 aromatic heterocycles. The number of phenols is 1. The molecule has 0 radical (unpaired) electrons. The lowest BCUT2D eigenvalue weighted by Crippen LogP contribution is -2.15. The molecule has 3 aromatic rings. The summed E-state index contributed by atoms with van der Waals surface area (Å²) in [7, 11) is 0. The number of nitrogens with zero attached hydrogens (tertiary/aromatic N) is 2. The van der Waals surface area contributed by atoms with Crippen LogP contribution in [-0.4, -0.2) is 29.5 Å². The molecule has 2 aromatic carbocycles. The number of fused-ring (bicyclic) bond motifs is 1. The van der Waals surface area contributed by atoms with Crippen molar-refractivity contribution in [3.05, 3.63) is 53.4 Å². The fourth-order valence-corrected chi connectivity index (χ4v) is 3.05. The summed E-state index contributed by atoms with van der Waals surface area (Å²) in [6.07, 6.45) is 1.67. The zero-order valence-corrected chi connectivity index (χ0v) is 14.0. The Morgan fingerprint density at radius 1 is 1.08 bits per heavy atom. The second-order valence-electron chi connectivity index (χ2n) is 5.36. The molecule has 2 N–H and O–H groups in total. The molecule has 0 fully saturated rings. The molecule has 25 heavy (non-hydrogen) atoms. The van der Waals surface area contributed by atoms with Gasteiger partial charge in [0.15, 0.2) is 11.5 Å². The van der Waals surface area contributed by atoms with E-state index in [-0.39, 0.29) is 5.75 Å². The largest absolute Gasteiger partial charge is 0.508 e. The van der Waals surface area contributed by atoms with Crippen LogP contribution >= 0.6 is 11.3 Å². The minimum atomic E-state index is 0.231. The Labute approximate surface area is 148 Å². The Bertz CT molecular complexity index is 906. The van der Waals surface area contributed by atoms with Crippen LogP contribution in [0.4, 0.5) is 5.13 Å². The first kappa shape index (κ1) is 15.5. The molecule has 0 saturated carbocycles. The maximum Gasteiger partial charge on any atom is 0.203 e. The smallest absolute Gasteiger partial charge is 0.203 e. The van der Waals surface area contributed by atoms with Gasteiger partial charge in [0.05, 0.1) is 11.9 Å². The van der Waals surface area contributed by atoms with E-state index in [1.807, 2.05) is 23.6 Å². The van der Waals surface area contributed by atoms with Gasteiger partial charge in [-0.25, -0.2) is 4.98 Å². The lowest BCUT2D eigenvalue weighted by molar-refractivity contribution is 0.171. The van der Waals surface area contributed by atoms with E-state index in [1.165, 1.54) is 11.3 Å². The standard InChI is InChI=1S/C18H15N3O3S/c22-14-4-1-12(2-5-14)10-19-21-18-20-15(11-25-18)13-3-6-16-17(9-13)24-8-7-23-16/h1-6,9-11,22H,7-8H2,(H,20,21). The maximum absolute atomic E-state index is 9.26. The van der Waals surface area contributed by atoms with Gasteiger partial charge in [-0.05, 0) is 48.0 Å². The van der Waals surface area contributed by atoms with E-state index in [2.05, 4.69) is 15.5 Å². The number of hydrazone groups is 1. The molecule has 0 saturated heterocycles. The summed E-state index contributed by atoms with van der Waals surface area (Å²) in [6.45, 7) is 1.14. The van der Waals surface area contributed by atoms with Gasteiger partial charge in [0.25, 0.3) is 0 Å². The van der Waals surface area contributed by atoms with Crippen molar-refractivity contribution in [1.82, 2.24) is 4.98 Å². The van der Waals surface area contributed by atoms with E-state index in [4.69, 9.17) is 9.47 Å². The average molecular weight is 353 g/mol. The number of rotatable bonds is 4. The molecule has 0 amide bonds. The van der Waals surface area contributed by atoms with Gasteiger partial charge in [0.1, 0.15) is 19.0 Å². The van der Waals surface area contributed by atoms with E-state index in [0.29, 0.717) is 18.3 Å². The molecule has 126 valence electrons. The number of phenolic OH excluding ortho intramolecular Hbond substituents is 1. The van der Waals surface area contributed by atoms with Crippen molar-refractivity contribution in [1.29, 1.82) is 0 Å². The minimum Gasteiger partial charge on any atom is -0.508 e. The van der Waals surface area contributed by atoms with Crippen LogP contribution in [0.25, 0.3) is 11.3 Å². The maximum atomic E-state index is 9.26. The first-order chi connectivity index (χ1) is 12.3. The number of hydrogen-bond acceptors (Lipinski definition) is 7. The highest BCUT2D eigenvalue weighted by atomic mass is 32.1. The highest BCUT2D eigenvalue weighted by Crippen LogP contribution is 2.35. The third kappa shape index (κ3) is 3.56. The van der Waals surface area contributed by atoms with Crippen molar-refractivity contribution in [2.24, 2.45) is 5.10 Å². The Kier molecular flexibility index (Phi) is 4.22. The van der Waals surface area contributed by atoms with Gasteiger partial charge < -0.3 is 14.6 Å². The van der Waals surface area contributed by atoms with Gasteiger partial charge in [-0.1, -0.05) is 0 Å². The van der Waals surface area contributed by atoms with E-state index >= 15 is 0 Å². The van der Waals surface area contributed by atoms with Crippen molar-refractivity contribution in [3.63, 3.8) is 0 Å². The fraction of sp³-hybridized carbons (Fsp3) is 0.111. The van der Waals surface area contributed by atoms with Crippen molar-refractivity contribution < 1.29 is 14.6 Å². The fourth-order valence-electron chi connectivity index (χ4n) is 2.38. The summed E-state index contributed by atoms with van der Waals surface area (Å²) in [5, 5.41) is 16.1. The van der Waals surface area contributed by atoms with Crippen LogP contribution in [0.15, 0.2) is 52.9 Å². The quantitative estimate of drug-likeness (QED) is 0.552. The summed E-state index contributed by atoms with van der Waals surface area (Å²) >= 11 is 1.47. The Morgan fingerprint density at radius 3 is 2.72 bits per heavy atom. The monoisotopic (exact) mass is 353 g/mol. The highest BCUT2D eigenvalue weighted by molar-refractivity contribution is 7.14. The van der Waals surface area contributed by atoms with Gasteiger partial charge in [-0.3, -0.25) is 5.43 Å². The van der Waals surface area contributed by atoms with Gasteiger partial charge in [0.2, 0.25) is 5.13 Å². The van der Waals surface area contributed by atoms with Crippen molar-refractivity contribution >= 4 is 22.7 Å². The number of benzene rings is 2. The predicted octanol–water partition coefficient (Wildman–Crippen LogP) is 3.73. The minimum absolute atomic E-state index is 0.231. The first-order valence-corrected chi connectivity index (χ1v) is 8.59. The van der Waals surface area contributed by atoms with Gasteiger partial charge in [-0.2, -0.15) is 5.10 Å². The molecule has 2 heterocycles. The second kappa shape index (κ2) is 6.82. The third-order valence-corrected chi connectivity index (χ3v) is 4.36. The molecule has 1 aliphatic rings. The number of aromatic hydroxyl groups is 1. The van der Waals surface area contributed by atoms with Crippen LogP contribution in [0, 0.1) is 0 Å². The van der Waals surface area contributed by atoms with Gasteiger partial charge in [0, 0.05) is 10.9 Å². The summed E-state index contributed by atoms with van der Waals surface area (Å²) in [6, 6.07) is 12.6. The molecule has 0 spiro atoms. The zero-order valence-electron chi connectivity index (χ0n) is 13.2. The molecule has 0 unspecified atom stereocenters. The third-order valence-electron chi connectivity index (χ3n) is 3.61. The summed E-state index contributed by atoms with van der Waals surface area (Å²) < 4.78 is 11.1. The van der Waals surface area contributed by atoms with Crippen molar-refractivity contribution in [3.8, 4) is 28.5 Å². The number of anilines is 1. The lowest BCUT2D eigenvalue weighted by atomic mass is 10.1. The molecular weight excluding hydrogens is 338 g/mol. The van der Waals surface area contributed by atoms with Crippen LogP contribution in [0.5, 0.6) is 17.2 Å². The number of hydrogen-bond donors (Lipinski definition) is 2. The molecule has 0 aliphatic carbocycles. The zero-order chi connectivity index (χ0) is 17.1. The van der Waals surface area contributed by atoms with Gasteiger partial charge >= 0.3 is 0 Å². The van der Waals surface area contributed by atoms with Crippen molar-refractivity contribution in [2.45, 2.75) is 0 Å². The predicted molar refractivity (Wildman–Crippen MR) is 97.9 cm³/mol. The van der Waals surface area contributed by atoms with Crippen LogP contribution < -0.4 is 14.9 Å². The normalized spacial score (nSPS) is 13.1. The van der Waals surface area contributed by atoms with E-state index in [0.717, 1.165) is 28.3 Å². The molecular formula is C18H15N3O3S. The van der Waals surface area contributed by atoms with E-state index in [1.54, 1.807) is 30.5 Å². The second-order valence-corrected chi connectivity index (χ2v) is 6.22. The molecule has 0 bridgehead atoms. The summed E-state index contributed by atoms with van der Waals surface area (Å²) in [5.74, 6) is 1.74. The van der Waals surface area contributed by atoms with Crippen LogP contribution in [0.2, 0.25) is 0 Å². The Balaban J connectivity index is 1.46. The van der Waals surface area contributed by atoms with E-state index < -0.39 is 0 Å². The topological polar surface area (TPSA) is 76.0 Å². The van der Waals surface area contributed by atoms with E-state index in [9.17, 15) is 5.11 Å². The molecule has 0 atom stereocenters. The molecule has 6 nitrogen and oxygen atoms in total. The average Bonchev–Trinajstić information content (AvgIpc) is 3.12. The number of thiazole rings is 1. The van der Waals surface area contributed by atoms with Crippen LogP contribution in [-0.2, 0) is 0 Å². The number of aromatic nitrogens is 1. The first-order valence-electron chi connectivity index (χ1n) is 7.71. The molecule has 1 aliphatic heterocycles. The van der Waals surface area contributed by atoms with Crippen LogP contribution in [0.1, 0.15) is 5.56 Å². The van der Waals surface area contributed by atoms with Gasteiger partial charge in [-0.15, -0.1) is 11.3 Å². The summed E-state index contributed by atoms with van der Waals surface area (Å²) in [4.78, 5) is 4.53. The number of ether oxygens (including phenoxy) is 2. The lowest BCUT2D eigenvalue weighted by Gasteiger charge is -2.18. The molecule has 7 heteroatoms.